The van der Waals surface area contributed by atoms with Gasteiger partial charge in [0.15, 0.2) is 17.3 Å². The fourth-order valence-electron chi connectivity index (χ4n) is 2.85. The Balaban J connectivity index is 2.00. The minimum absolute atomic E-state index is 0.0148. The highest BCUT2D eigenvalue weighted by molar-refractivity contribution is 6.13. The molecular formula is C20H20O4. The van der Waals surface area contributed by atoms with Crippen molar-refractivity contribution < 1.29 is 19.0 Å². The van der Waals surface area contributed by atoms with Gasteiger partial charge in [0.05, 0.1) is 26.4 Å². The van der Waals surface area contributed by atoms with Crippen LogP contribution in [0, 0.1) is 6.92 Å². The summed E-state index contributed by atoms with van der Waals surface area (Å²) < 4.78 is 16.4. The molecular weight excluding hydrogens is 304 g/mol. The summed E-state index contributed by atoms with van der Waals surface area (Å²) in [4.78, 5) is 12.9. The van der Waals surface area contributed by atoms with Crippen molar-refractivity contribution in [3.05, 3.63) is 58.7 Å². The molecule has 2 aromatic rings. The Morgan fingerprint density at radius 3 is 2.62 bits per heavy atom. The molecule has 4 nitrogen and oxygen atoms in total. The molecule has 0 saturated heterocycles. The predicted octanol–water partition coefficient (Wildman–Crippen LogP) is 4.06. The van der Waals surface area contributed by atoms with Gasteiger partial charge in [0, 0.05) is 12.0 Å². The molecule has 0 aromatic heterocycles. The SMILES string of the molecule is COc1ccc(/C=C2\CCOc3c(C)cccc3C2=O)cc1OC. The molecule has 0 spiro atoms. The van der Waals surface area contributed by atoms with E-state index < -0.39 is 0 Å². The first-order valence-corrected chi connectivity index (χ1v) is 7.83. The molecule has 1 aliphatic heterocycles. The van der Waals surface area contributed by atoms with E-state index in [0.29, 0.717) is 35.8 Å². The number of hydrogen-bond acceptors (Lipinski definition) is 4. The average molecular weight is 324 g/mol. The number of benzene rings is 2. The quantitative estimate of drug-likeness (QED) is 0.799. The first-order valence-electron chi connectivity index (χ1n) is 7.83. The lowest BCUT2D eigenvalue weighted by Crippen LogP contribution is -2.02. The van der Waals surface area contributed by atoms with E-state index in [1.54, 1.807) is 14.2 Å². The molecule has 3 rings (SSSR count). The fraction of sp³-hybridized carbons (Fsp3) is 0.250. The Kier molecular flexibility index (Phi) is 4.56. The lowest BCUT2D eigenvalue weighted by atomic mass is 9.97. The van der Waals surface area contributed by atoms with E-state index in [1.165, 1.54) is 0 Å². The highest BCUT2D eigenvalue weighted by atomic mass is 16.5. The van der Waals surface area contributed by atoms with Crippen molar-refractivity contribution in [1.29, 1.82) is 0 Å². The Hall–Kier alpha value is -2.75. The van der Waals surface area contributed by atoms with Crippen molar-refractivity contribution in [3.63, 3.8) is 0 Å². The number of hydrogen-bond donors (Lipinski definition) is 0. The predicted molar refractivity (Wildman–Crippen MR) is 93.1 cm³/mol. The van der Waals surface area contributed by atoms with Crippen LogP contribution in [0.5, 0.6) is 17.2 Å². The Morgan fingerprint density at radius 1 is 1.08 bits per heavy atom. The number of rotatable bonds is 3. The molecule has 0 fully saturated rings. The van der Waals surface area contributed by atoms with E-state index in [0.717, 1.165) is 16.7 Å². The average Bonchev–Trinajstić information content (AvgIpc) is 2.76. The minimum Gasteiger partial charge on any atom is -0.493 e. The fourth-order valence-corrected chi connectivity index (χ4v) is 2.85. The maximum absolute atomic E-state index is 12.9. The molecule has 1 aliphatic rings. The zero-order chi connectivity index (χ0) is 17.1. The normalized spacial score (nSPS) is 15.5. The van der Waals surface area contributed by atoms with Crippen LogP contribution in [0.2, 0.25) is 0 Å². The van der Waals surface area contributed by atoms with Gasteiger partial charge in [0.1, 0.15) is 5.75 Å². The van der Waals surface area contributed by atoms with E-state index in [9.17, 15) is 4.79 Å². The third kappa shape index (κ3) is 3.00. The number of Topliss-reactive ketones (excluding diaryl/α,β-unsaturated/α-hetero) is 1. The first kappa shape index (κ1) is 16.1. The standard InChI is InChI=1S/C20H20O4/c1-13-5-4-6-16-19(21)15(9-10-24-20(13)16)11-14-7-8-17(22-2)18(12-14)23-3/h4-8,11-12H,9-10H2,1-3H3/b15-11+. The molecule has 0 unspecified atom stereocenters. The highest BCUT2D eigenvalue weighted by Crippen LogP contribution is 2.32. The Bertz CT molecular complexity index is 805. The van der Waals surface area contributed by atoms with Gasteiger partial charge in [-0.15, -0.1) is 0 Å². The molecule has 124 valence electrons. The van der Waals surface area contributed by atoms with Crippen LogP contribution in [0.3, 0.4) is 0 Å². The molecule has 2 aromatic carbocycles. The highest BCUT2D eigenvalue weighted by Gasteiger charge is 2.22. The summed E-state index contributed by atoms with van der Waals surface area (Å²) in [6, 6.07) is 11.3. The molecule has 0 amide bonds. The maximum Gasteiger partial charge on any atom is 0.192 e. The third-order valence-electron chi connectivity index (χ3n) is 4.11. The summed E-state index contributed by atoms with van der Waals surface area (Å²) in [6.45, 7) is 2.44. The number of carbonyl (C=O) groups excluding carboxylic acids is 1. The largest absolute Gasteiger partial charge is 0.493 e. The van der Waals surface area contributed by atoms with Gasteiger partial charge in [0.25, 0.3) is 0 Å². The first-order chi connectivity index (χ1) is 11.6. The number of ether oxygens (including phenoxy) is 3. The number of fused-ring (bicyclic) bond motifs is 1. The van der Waals surface area contributed by atoms with Crippen LogP contribution >= 0.6 is 0 Å². The second-order valence-electron chi connectivity index (χ2n) is 5.66. The summed E-state index contributed by atoms with van der Waals surface area (Å²) in [5.74, 6) is 2.01. The van der Waals surface area contributed by atoms with Crippen LogP contribution in [0.1, 0.15) is 27.9 Å². The smallest absolute Gasteiger partial charge is 0.192 e. The van der Waals surface area contributed by atoms with Gasteiger partial charge in [-0.1, -0.05) is 18.2 Å². The van der Waals surface area contributed by atoms with E-state index in [2.05, 4.69) is 0 Å². The van der Waals surface area contributed by atoms with Gasteiger partial charge >= 0.3 is 0 Å². The van der Waals surface area contributed by atoms with E-state index in [4.69, 9.17) is 14.2 Å². The second-order valence-corrected chi connectivity index (χ2v) is 5.66. The lowest BCUT2D eigenvalue weighted by Gasteiger charge is -2.09. The van der Waals surface area contributed by atoms with Gasteiger partial charge in [-0.2, -0.15) is 0 Å². The van der Waals surface area contributed by atoms with Crippen LogP contribution in [-0.4, -0.2) is 26.6 Å². The molecule has 1 heterocycles. The van der Waals surface area contributed by atoms with Gasteiger partial charge in [-0.05, 0) is 42.3 Å². The molecule has 0 N–H and O–H groups in total. The van der Waals surface area contributed by atoms with Crippen LogP contribution in [-0.2, 0) is 0 Å². The molecule has 0 bridgehead atoms. The molecule has 24 heavy (non-hydrogen) atoms. The maximum atomic E-state index is 12.9. The van der Waals surface area contributed by atoms with E-state index in [1.807, 2.05) is 49.4 Å². The molecule has 4 heteroatoms. The number of para-hydroxylation sites is 1. The molecule has 0 radical (unpaired) electrons. The monoisotopic (exact) mass is 324 g/mol. The van der Waals surface area contributed by atoms with Crippen molar-refractivity contribution in [3.8, 4) is 17.2 Å². The van der Waals surface area contributed by atoms with Crippen LogP contribution in [0.15, 0.2) is 42.0 Å². The van der Waals surface area contributed by atoms with Crippen molar-refractivity contribution in [2.45, 2.75) is 13.3 Å². The lowest BCUT2D eigenvalue weighted by molar-refractivity contribution is 0.103. The number of ketones is 1. The van der Waals surface area contributed by atoms with Crippen LogP contribution in [0.4, 0.5) is 0 Å². The summed E-state index contributed by atoms with van der Waals surface area (Å²) in [5, 5.41) is 0. The van der Waals surface area contributed by atoms with Crippen molar-refractivity contribution in [1.82, 2.24) is 0 Å². The third-order valence-corrected chi connectivity index (χ3v) is 4.11. The summed E-state index contributed by atoms with van der Waals surface area (Å²) in [7, 11) is 3.19. The Labute approximate surface area is 141 Å². The van der Waals surface area contributed by atoms with Crippen molar-refractivity contribution in [2.75, 3.05) is 20.8 Å². The van der Waals surface area contributed by atoms with Crippen LogP contribution < -0.4 is 14.2 Å². The minimum atomic E-state index is 0.0148. The summed E-state index contributed by atoms with van der Waals surface area (Å²) in [6.07, 6.45) is 2.46. The molecule has 0 saturated carbocycles. The van der Waals surface area contributed by atoms with Crippen molar-refractivity contribution in [2.24, 2.45) is 0 Å². The summed E-state index contributed by atoms with van der Waals surface area (Å²) in [5.41, 5.74) is 3.23. The zero-order valence-electron chi connectivity index (χ0n) is 14.1. The molecule has 0 atom stereocenters. The number of aryl methyl sites for hydroxylation is 1. The summed E-state index contributed by atoms with van der Waals surface area (Å²) >= 11 is 0. The topological polar surface area (TPSA) is 44.8 Å². The van der Waals surface area contributed by atoms with E-state index in [-0.39, 0.29) is 5.78 Å². The van der Waals surface area contributed by atoms with Gasteiger partial charge in [-0.25, -0.2) is 0 Å². The van der Waals surface area contributed by atoms with Crippen LogP contribution in [0.25, 0.3) is 6.08 Å². The van der Waals surface area contributed by atoms with Gasteiger partial charge < -0.3 is 14.2 Å². The number of carbonyl (C=O) groups is 1. The van der Waals surface area contributed by atoms with E-state index >= 15 is 0 Å². The van der Waals surface area contributed by atoms with Gasteiger partial charge in [-0.3, -0.25) is 4.79 Å². The van der Waals surface area contributed by atoms with Crippen molar-refractivity contribution >= 4 is 11.9 Å². The zero-order valence-corrected chi connectivity index (χ0v) is 14.1. The van der Waals surface area contributed by atoms with Gasteiger partial charge in [0.2, 0.25) is 0 Å². The number of methoxy groups -OCH3 is 2. The second kappa shape index (κ2) is 6.79. The molecule has 0 aliphatic carbocycles. The Morgan fingerprint density at radius 2 is 1.88 bits per heavy atom.